The van der Waals surface area contributed by atoms with Crippen molar-refractivity contribution in [2.75, 3.05) is 13.2 Å². The number of hydrogen-bond donors (Lipinski definition) is 4. The van der Waals surface area contributed by atoms with Crippen LogP contribution in [0, 0.1) is 6.92 Å². The number of amides is 1. The first kappa shape index (κ1) is 18.0. The van der Waals surface area contributed by atoms with Crippen LogP contribution >= 0.6 is 11.3 Å². The van der Waals surface area contributed by atoms with Crippen molar-refractivity contribution in [1.82, 2.24) is 15.6 Å². The van der Waals surface area contributed by atoms with E-state index in [9.17, 15) is 15.0 Å². The van der Waals surface area contributed by atoms with Crippen LogP contribution in [0.3, 0.4) is 0 Å². The van der Waals surface area contributed by atoms with Gasteiger partial charge in [0.1, 0.15) is 0 Å². The first-order valence-electron chi connectivity index (χ1n) is 8.41. The Balaban J connectivity index is 1.72. The average Bonchev–Trinajstić information content (AvgIpc) is 3.23. The minimum Gasteiger partial charge on any atom is -0.396 e. The highest BCUT2D eigenvalue weighted by Crippen LogP contribution is 2.28. The summed E-state index contributed by atoms with van der Waals surface area (Å²) in [5.74, 6) is -0.141. The van der Waals surface area contributed by atoms with Gasteiger partial charge in [-0.2, -0.15) is 0 Å². The second-order valence-electron chi connectivity index (χ2n) is 6.31. The highest BCUT2D eigenvalue weighted by molar-refractivity contribution is 7.13. The Morgan fingerprint density at radius 2 is 2.20 bits per heavy atom. The lowest BCUT2D eigenvalue weighted by molar-refractivity contribution is -0.123. The van der Waals surface area contributed by atoms with Gasteiger partial charge >= 0.3 is 0 Å². The zero-order valence-corrected chi connectivity index (χ0v) is 14.9. The van der Waals surface area contributed by atoms with Crippen LogP contribution in [0.4, 0.5) is 0 Å². The van der Waals surface area contributed by atoms with Crippen molar-refractivity contribution < 1.29 is 15.0 Å². The molecule has 25 heavy (non-hydrogen) atoms. The molecule has 1 saturated heterocycles. The number of carbonyl (C=O) groups excluding carboxylic acids is 1. The Morgan fingerprint density at radius 1 is 1.44 bits per heavy atom. The van der Waals surface area contributed by atoms with Crippen LogP contribution in [-0.2, 0) is 4.79 Å². The van der Waals surface area contributed by atoms with Crippen molar-refractivity contribution >= 4 is 17.2 Å². The number of rotatable bonds is 6. The van der Waals surface area contributed by atoms with Crippen molar-refractivity contribution in [1.29, 1.82) is 0 Å². The van der Waals surface area contributed by atoms with Crippen LogP contribution in [0.5, 0.6) is 0 Å². The van der Waals surface area contributed by atoms with Gasteiger partial charge < -0.3 is 20.8 Å². The molecule has 2 heterocycles. The maximum atomic E-state index is 12.4. The van der Waals surface area contributed by atoms with E-state index in [0.717, 1.165) is 21.7 Å². The maximum absolute atomic E-state index is 12.4. The summed E-state index contributed by atoms with van der Waals surface area (Å²) in [6, 6.07) is 7.36. The largest absolute Gasteiger partial charge is 0.396 e. The quantitative estimate of drug-likeness (QED) is 0.624. The van der Waals surface area contributed by atoms with Crippen LogP contribution in [0.1, 0.15) is 30.1 Å². The van der Waals surface area contributed by atoms with Crippen molar-refractivity contribution in [3.63, 3.8) is 0 Å². The number of benzene rings is 1. The predicted molar refractivity (Wildman–Crippen MR) is 97.3 cm³/mol. The summed E-state index contributed by atoms with van der Waals surface area (Å²) in [4.78, 5) is 17.8. The molecule has 0 aliphatic carbocycles. The molecule has 3 rings (SSSR count). The van der Waals surface area contributed by atoms with E-state index in [1.807, 2.05) is 36.7 Å². The summed E-state index contributed by atoms with van der Waals surface area (Å²) in [6.45, 7) is 2.41. The third-order valence-corrected chi connectivity index (χ3v) is 5.46. The second kappa shape index (κ2) is 8.05. The molecule has 2 aromatic rings. The second-order valence-corrected chi connectivity index (χ2v) is 7.17. The van der Waals surface area contributed by atoms with Gasteiger partial charge in [0.15, 0.2) is 0 Å². The molecule has 134 valence electrons. The van der Waals surface area contributed by atoms with E-state index in [1.54, 1.807) is 11.3 Å². The molecule has 3 atom stereocenters. The van der Waals surface area contributed by atoms with Gasteiger partial charge in [-0.15, -0.1) is 11.3 Å². The standard InChI is InChI=1S/C18H23N3O3S/c1-11-17(25-10-20-11)13-4-2-12(3-5-13)15(6-7-22)21-18(24)16-8-14(23)9-19-16/h2-5,10,14-16,19,22-23H,6-9H2,1H3,(H,21,24)/t14?,15-,16-/m0/s1. The summed E-state index contributed by atoms with van der Waals surface area (Å²) in [6.07, 6.45) is 0.385. The van der Waals surface area contributed by atoms with E-state index in [1.165, 1.54) is 0 Å². The molecule has 6 nitrogen and oxygen atoms in total. The molecule has 0 radical (unpaired) electrons. The van der Waals surface area contributed by atoms with Crippen LogP contribution in [0.2, 0.25) is 0 Å². The van der Waals surface area contributed by atoms with E-state index >= 15 is 0 Å². The number of aromatic nitrogens is 1. The monoisotopic (exact) mass is 361 g/mol. The Bertz CT molecular complexity index is 717. The molecular formula is C18H23N3O3S. The Labute approximate surface area is 150 Å². The number of aliphatic hydroxyl groups excluding tert-OH is 2. The molecular weight excluding hydrogens is 338 g/mol. The van der Waals surface area contributed by atoms with Crippen molar-refractivity contribution in [2.24, 2.45) is 0 Å². The summed E-state index contributed by atoms with van der Waals surface area (Å²) in [5.41, 5.74) is 4.88. The SMILES string of the molecule is Cc1ncsc1-c1ccc([C@H](CCO)NC(=O)[C@@H]2CC(O)CN2)cc1. The lowest BCUT2D eigenvalue weighted by Crippen LogP contribution is -2.42. The third kappa shape index (κ3) is 4.24. The van der Waals surface area contributed by atoms with Crippen molar-refractivity contribution in [3.8, 4) is 10.4 Å². The number of thiazole rings is 1. The van der Waals surface area contributed by atoms with Gasteiger partial charge in [0, 0.05) is 13.2 Å². The molecule has 1 fully saturated rings. The number of β-amino-alcohol motifs (C(OH)–C–C–N with tert-alkyl or cyclic N) is 1. The van der Waals surface area contributed by atoms with E-state index in [0.29, 0.717) is 19.4 Å². The minimum absolute atomic E-state index is 0.0125. The van der Waals surface area contributed by atoms with E-state index < -0.39 is 6.10 Å². The highest BCUT2D eigenvalue weighted by Gasteiger charge is 2.29. The Kier molecular flexibility index (Phi) is 5.80. The summed E-state index contributed by atoms with van der Waals surface area (Å²) in [5, 5.41) is 24.9. The van der Waals surface area contributed by atoms with E-state index in [2.05, 4.69) is 15.6 Å². The molecule has 1 aromatic heterocycles. The molecule has 7 heteroatoms. The van der Waals surface area contributed by atoms with Crippen LogP contribution < -0.4 is 10.6 Å². The Hall–Kier alpha value is -1.80. The third-order valence-electron chi connectivity index (χ3n) is 4.48. The van der Waals surface area contributed by atoms with Crippen LogP contribution in [0.25, 0.3) is 10.4 Å². The molecule has 0 saturated carbocycles. The summed E-state index contributed by atoms with van der Waals surface area (Å²) in [7, 11) is 0. The average molecular weight is 361 g/mol. The lowest BCUT2D eigenvalue weighted by atomic mass is 10.0. The van der Waals surface area contributed by atoms with E-state index in [-0.39, 0.29) is 24.6 Å². The van der Waals surface area contributed by atoms with Crippen LogP contribution in [-0.4, -0.2) is 46.4 Å². The number of nitrogens with one attached hydrogen (secondary N) is 2. The molecule has 1 aromatic carbocycles. The zero-order valence-electron chi connectivity index (χ0n) is 14.1. The minimum atomic E-state index is -0.478. The molecule has 1 amide bonds. The molecule has 0 spiro atoms. The fourth-order valence-electron chi connectivity index (χ4n) is 3.09. The molecule has 1 aliphatic heterocycles. The molecule has 4 N–H and O–H groups in total. The maximum Gasteiger partial charge on any atom is 0.237 e. The normalized spacial score (nSPS) is 21.2. The van der Waals surface area contributed by atoms with Gasteiger partial charge in [0.2, 0.25) is 5.91 Å². The van der Waals surface area contributed by atoms with Crippen molar-refractivity contribution in [2.45, 2.75) is 38.0 Å². The van der Waals surface area contributed by atoms with Gasteiger partial charge in [-0.25, -0.2) is 4.98 Å². The zero-order chi connectivity index (χ0) is 17.8. The first-order chi connectivity index (χ1) is 12.1. The van der Waals surface area contributed by atoms with E-state index in [4.69, 9.17) is 0 Å². The summed E-state index contributed by atoms with van der Waals surface area (Å²) < 4.78 is 0. The molecule has 1 unspecified atom stereocenters. The highest BCUT2D eigenvalue weighted by atomic mass is 32.1. The fraction of sp³-hybridized carbons (Fsp3) is 0.444. The predicted octanol–water partition coefficient (Wildman–Crippen LogP) is 1.38. The Morgan fingerprint density at radius 3 is 2.76 bits per heavy atom. The number of nitrogens with zero attached hydrogens (tertiary/aromatic N) is 1. The summed E-state index contributed by atoms with van der Waals surface area (Å²) >= 11 is 1.60. The molecule has 1 aliphatic rings. The smallest absolute Gasteiger partial charge is 0.237 e. The number of carbonyl (C=O) groups is 1. The number of aliphatic hydroxyl groups is 2. The number of aryl methyl sites for hydroxylation is 1. The van der Waals surface area contributed by atoms with Gasteiger partial charge in [-0.1, -0.05) is 24.3 Å². The fourth-order valence-corrected chi connectivity index (χ4v) is 3.90. The lowest BCUT2D eigenvalue weighted by Gasteiger charge is -2.21. The van der Waals surface area contributed by atoms with Crippen molar-refractivity contribution in [3.05, 3.63) is 41.0 Å². The number of hydrogen-bond acceptors (Lipinski definition) is 6. The first-order valence-corrected chi connectivity index (χ1v) is 9.29. The van der Waals surface area contributed by atoms with Gasteiger partial charge in [0.05, 0.1) is 34.3 Å². The van der Waals surface area contributed by atoms with Gasteiger partial charge in [-0.05, 0) is 30.9 Å². The molecule has 0 bridgehead atoms. The van der Waals surface area contributed by atoms with Crippen LogP contribution in [0.15, 0.2) is 29.8 Å². The van der Waals surface area contributed by atoms with Gasteiger partial charge in [-0.3, -0.25) is 4.79 Å². The topological polar surface area (TPSA) is 94.5 Å². The van der Waals surface area contributed by atoms with Gasteiger partial charge in [0.25, 0.3) is 0 Å².